The number of thiazole rings is 1. The summed E-state index contributed by atoms with van der Waals surface area (Å²) in [5.74, 6) is -3.43. The van der Waals surface area contributed by atoms with Gasteiger partial charge in [-0.05, 0) is 58.6 Å². The Hall–Kier alpha value is -3.97. The van der Waals surface area contributed by atoms with Crippen molar-refractivity contribution in [2.24, 2.45) is 17.8 Å². The molecule has 3 fully saturated rings. The van der Waals surface area contributed by atoms with Crippen LogP contribution in [0.2, 0.25) is 5.02 Å². The van der Waals surface area contributed by atoms with E-state index in [4.69, 9.17) is 16.3 Å². The number of fused-ring (bicyclic) bond motifs is 4. The Morgan fingerprint density at radius 2 is 1.86 bits per heavy atom. The number of hydrogen-bond acceptors (Lipinski definition) is 8. The van der Waals surface area contributed by atoms with E-state index in [2.05, 4.69) is 15.6 Å². The van der Waals surface area contributed by atoms with Crippen LogP contribution < -0.4 is 10.6 Å². The molecule has 0 radical (unpaired) electrons. The van der Waals surface area contributed by atoms with E-state index in [0.717, 1.165) is 24.8 Å². The van der Waals surface area contributed by atoms with Crippen molar-refractivity contribution < 1.29 is 33.8 Å². The van der Waals surface area contributed by atoms with Crippen molar-refractivity contribution in [2.45, 2.75) is 82.5 Å². The molecule has 4 amide bonds. The lowest BCUT2D eigenvalue weighted by Crippen LogP contribution is -2.58. The summed E-state index contributed by atoms with van der Waals surface area (Å²) in [5, 5.41) is 18.5. The quantitative estimate of drug-likeness (QED) is 0.384. The molecule has 12 nitrogen and oxygen atoms in total. The average molecular weight is 712 g/mol. The Labute approximate surface area is 294 Å². The molecule has 2 saturated heterocycles. The number of aliphatic carboxylic acids is 1. The van der Waals surface area contributed by atoms with Crippen molar-refractivity contribution >= 4 is 52.7 Å². The van der Waals surface area contributed by atoms with E-state index in [9.17, 15) is 29.1 Å². The van der Waals surface area contributed by atoms with Gasteiger partial charge in [0.2, 0.25) is 11.8 Å². The van der Waals surface area contributed by atoms with E-state index in [1.54, 1.807) is 37.8 Å². The van der Waals surface area contributed by atoms with Gasteiger partial charge in [-0.25, -0.2) is 14.6 Å². The number of amides is 4. The van der Waals surface area contributed by atoms with Gasteiger partial charge >= 0.3 is 12.1 Å². The topological polar surface area (TPSA) is 158 Å². The van der Waals surface area contributed by atoms with Gasteiger partial charge in [0.1, 0.15) is 23.2 Å². The summed E-state index contributed by atoms with van der Waals surface area (Å²) >= 11 is 7.26. The first-order chi connectivity index (χ1) is 23.3. The predicted octanol–water partition coefficient (Wildman–Crippen LogP) is 4.74. The van der Waals surface area contributed by atoms with E-state index in [0.29, 0.717) is 35.1 Å². The van der Waals surface area contributed by atoms with E-state index < -0.39 is 53.0 Å². The third kappa shape index (κ3) is 7.47. The number of nitrogens with zero attached hydrogens (tertiary/aromatic N) is 3. The first kappa shape index (κ1) is 34.9. The van der Waals surface area contributed by atoms with Crippen LogP contribution in [0.4, 0.5) is 4.79 Å². The molecule has 4 aliphatic rings. The second-order valence-electron chi connectivity index (χ2n) is 14.5. The van der Waals surface area contributed by atoms with Gasteiger partial charge in [-0.2, -0.15) is 0 Å². The maximum atomic E-state index is 14.3. The van der Waals surface area contributed by atoms with Gasteiger partial charge in [-0.1, -0.05) is 48.7 Å². The Morgan fingerprint density at radius 1 is 1.10 bits per heavy atom. The van der Waals surface area contributed by atoms with Crippen molar-refractivity contribution in [1.82, 2.24) is 25.4 Å². The van der Waals surface area contributed by atoms with Crippen LogP contribution in [0.3, 0.4) is 0 Å². The number of rotatable bonds is 4. The van der Waals surface area contributed by atoms with Crippen LogP contribution in [0, 0.1) is 17.8 Å². The lowest BCUT2D eigenvalue weighted by Gasteiger charge is -2.32. The summed E-state index contributed by atoms with van der Waals surface area (Å²) in [6.45, 7) is 5.87. The molecule has 1 aromatic heterocycles. The summed E-state index contributed by atoms with van der Waals surface area (Å²) in [5.41, 5.74) is -0.754. The first-order valence-electron chi connectivity index (χ1n) is 16.8. The third-order valence-electron chi connectivity index (χ3n) is 9.79. The van der Waals surface area contributed by atoms with Gasteiger partial charge in [0.05, 0.1) is 5.69 Å². The second-order valence-corrected chi connectivity index (χ2v) is 15.8. The number of carbonyl (C=O) groups excluding carboxylic acids is 4. The fraction of sp³-hybridized carbons (Fsp3) is 0.543. The number of ether oxygens (including phenoxy) is 1. The molecule has 14 heteroatoms. The minimum Gasteiger partial charge on any atom is -0.479 e. The molecule has 0 unspecified atom stereocenters. The number of carboxylic acids is 1. The number of allylic oxidation sites excluding steroid dienone is 1. The number of halogens is 1. The Kier molecular flexibility index (Phi) is 9.78. The molecule has 49 heavy (non-hydrogen) atoms. The number of nitrogens with one attached hydrogen (secondary N) is 2. The highest BCUT2D eigenvalue weighted by atomic mass is 35.5. The molecular formula is C35H42ClN5O7S. The number of benzene rings is 1. The number of likely N-dealkylation sites (tertiary alicyclic amines) is 1. The van der Waals surface area contributed by atoms with Gasteiger partial charge in [-0.3, -0.25) is 14.4 Å². The standard InChI is InChI=1S/C35H42ClN5O7S/c1-34(2,3)48-33(47)38-25-10-8-6-4-5-7-9-22-15-35(22,32(45)46)39-28(42)27-24-18-40(16-21(24)17-41(27)30(25)43)31(44)29-37-26(19-49-29)20-11-13-23(36)14-12-20/h7,9,11-14,19,21-22,24-25,27H,4-6,8,10,15-18H2,1-3H3,(H,38,47)(H,39,42)(H,45,46)/b9-7-/t21-,22+,24-,25+,27-,35-/m0/s1. The summed E-state index contributed by atoms with van der Waals surface area (Å²) in [6.07, 6.45) is 6.75. The first-order valence-corrected chi connectivity index (χ1v) is 18.0. The molecule has 6 atom stereocenters. The maximum absolute atomic E-state index is 14.3. The Morgan fingerprint density at radius 3 is 2.57 bits per heavy atom. The number of hydrogen-bond donors (Lipinski definition) is 3. The van der Waals surface area contributed by atoms with Gasteiger partial charge in [0.15, 0.2) is 5.01 Å². The zero-order chi connectivity index (χ0) is 35.1. The van der Waals surface area contributed by atoms with E-state index in [1.807, 2.05) is 29.7 Å². The van der Waals surface area contributed by atoms with Crippen LogP contribution in [0.25, 0.3) is 11.3 Å². The highest BCUT2D eigenvalue weighted by molar-refractivity contribution is 7.12. The molecule has 1 aromatic carbocycles. The fourth-order valence-electron chi connectivity index (χ4n) is 7.25. The van der Waals surface area contributed by atoms with Crippen LogP contribution >= 0.6 is 22.9 Å². The summed E-state index contributed by atoms with van der Waals surface area (Å²) in [7, 11) is 0. The van der Waals surface area contributed by atoms with Crippen LogP contribution in [-0.2, 0) is 19.1 Å². The number of alkyl carbamates (subject to hydrolysis) is 1. The molecule has 3 N–H and O–H groups in total. The molecule has 3 aliphatic heterocycles. The summed E-state index contributed by atoms with van der Waals surface area (Å²) in [4.78, 5) is 75.3. The second kappa shape index (κ2) is 13.7. The average Bonchev–Trinajstić information content (AvgIpc) is 3.37. The minimum absolute atomic E-state index is 0.176. The van der Waals surface area contributed by atoms with E-state index in [1.165, 1.54) is 16.2 Å². The zero-order valence-corrected chi connectivity index (χ0v) is 29.4. The third-order valence-corrected chi connectivity index (χ3v) is 10.9. The number of carboxylic acid groups (broad SMARTS) is 1. The van der Waals surface area contributed by atoms with Crippen LogP contribution in [0.15, 0.2) is 41.8 Å². The normalized spacial score (nSPS) is 29.4. The molecule has 1 aliphatic carbocycles. The van der Waals surface area contributed by atoms with Crippen molar-refractivity contribution in [1.29, 1.82) is 0 Å². The van der Waals surface area contributed by atoms with Crippen molar-refractivity contribution in [3.63, 3.8) is 0 Å². The summed E-state index contributed by atoms with van der Waals surface area (Å²) < 4.78 is 5.47. The molecule has 262 valence electrons. The van der Waals surface area contributed by atoms with Gasteiger partial charge in [-0.15, -0.1) is 11.3 Å². The molecule has 0 spiro atoms. The maximum Gasteiger partial charge on any atom is 0.408 e. The van der Waals surface area contributed by atoms with Gasteiger partial charge in [0.25, 0.3) is 5.91 Å². The van der Waals surface area contributed by atoms with Crippen molar-refractivity contribution in [2.75, 3.05) is 19.6 Å². The van der Waals surface area contributed by atoms with Crippen LogP contribution in [0.5, 0.6) is 0 Å². The number of aromatic nitrogens is 1. The van der Waals surface area contributed by atoms with Crippen molar-refractivity contribution in [3.05, 3.63) is 51.8 Å². The summed E-state index contributed by atoms with van der Waals surface area (Å²) in [6, 6.07) is 5.21. The zero-order valence-electron chi connectivity index (χ0n) is 27.8. The number of carbonyl (C=O) groups is 5. The SMILES string of the molecule is CC(C)(C)OC(=O)N[C@@H]1CCCCC/C=C\[C@@H]2C[C@]2(C(=O)O)NC(=O)[C@@H]2[C@H]3CN(C(=O)c4nc(-c5ccc(Cl)cc5)cs4)C[C@H]3CN2C1=O. The molecule has 0 bridgehead atoms. The van der Waals surface area contributed by atoms with Gasteiger partial charge in [0, 0.05) is 53.4 Å². The Balaban J connectivity index is 1.26. The van der Waals surface area contributed by atoms with Crippen LogP contribution in [0.1, 0.15) is 69.1 Å². The van der Waals surface area contributed by atoms with Crippen LogP contribution in [-0.4, -0.2) is 92.5 Å². The molecule has 4 heterocycles. The monoisotopic (exact) mass is 711 g/mol. The Bertz CT molecular complexity index is 1660. The molecule has 1 saturated carbocycles. The van der Waals surface area contributed by atoms with Gasteiger partial charge < -0.3 is 30.3 Å². The van der Waals surface area contributed by atoms with E-state index in [-0.39, 0.29) is 37.3 Å². The highest BCUT2D eigenvalue weighted by Gasteiger charge is 2.62. The molecule has 2 aromatic rings. The fourth-order valence-corrected chi connectivity index (χ4v) is 8.17. The predicted molar refractivity (Wildman–Crippen MR) is 183 cm³/mol. The largest absolute Gasteiger partial charge is 0.479 e. The molecule has 6 rings (SSSR count). The smallest absolute Gasteiger partial charge is 0.408 e. The highest BCUT2D eigenvalue weighted by Crippen LogP contribution is 2.46. The van der Waals surface area contributed by atoms with Crippen molar-refractivity contribution in [3.8, 4) is 11.3 Å². The minimum atomic E-state index is -1.46. The lowest BCUT2D eigenvalue weighted by molar-refractivity contribution is -0.146. The van der Waals surface area contributed by atoms with E-state index >= 15 is 0 Å². The molecular weight excluding hydrogens is 670 g/mol. The lowest BCUT2D eigenvalue weighted by atomic mass is 9.93.